The van der Waals surface area contributed by atoms with E-state index < -0.39 is 11.8 Å². The quantitative estimate of drug-likeness (QED) is 0.348. The number of rotatable bonds is 8. The van der Waals surface area contributed by atoms with Crippen LogP contribution in [-0.4, -0.2) is 37.1 Å². The van der Waals surface area contributed by atoms with Gasteiger partial charge in [0.05, 0.1) is 16.9 Å². The molecule has 0 atom stereocenters. The maximum atomic E-state index is 12.1. The van der Waals surface area contributed by atoms with Gasteiger partial charge >= 0.3 is 11.8 Å². The average molecular weight is 417 g/mol. The molecule has 152 valence electrons. The lowest BCUT2D eigenvalue weighted by molar-refractivity contribution is -0.139. The number of nitrogens with zero attached hydrogens (tertiary/aromatic N) is 1. The Balaban J connectivity index is 1.91. The Morgan fingerprint density at radius 2 is 1.79 bits per heavy atom. The SMILES string of the molecule is CCCNC(=O)C(=O)N/N=C\c1ccccc1OCC(=O)Nc1ccccc1Cl. The summed E-state index contributed by atoms with van der Waals surface area (Å²) < 4.78 is 5.53. The lowest BCUT2D eigenvalue weighted by Gasteiger charge is -2.10. The second kappa shape index (κ2) is 11.5. The molecule has 0 aliphatic rings. The molecule has 2 aromatic carbocycles. The van der Waals surface area contributed by atoms with Crippen LogP contribution in [0.1, 0.15) is 18.9 Å². The van der Waals surface area contributed by atoms with Gasteiger partial charge < -0.3 is 15.4 Å². The van der Waals surface area contributed by atoms with Gasteiger partial charge in [0.25, 0.3) is 5.91 Å². The summed E-state index contributed by atoms with van der Waals surface area (Å²) in [6, 6.07) is 13.7. The van der Waals surface area contributed by atoms with Crippen LogP contribution in [0.15, 0.2) is 53.6 Å². The molecule has 29 heavy (non-hydrogen) atoms. The van der Waals surface area contributed by atoms with Crippen molar-refractivity contribution in [3.05, 3.63) is 59.1 Å². The van der Waals surface area contributed by atoms with E-state index in [0.29, 0.717) is 28.6 Å². The van der Waals surface area contributed by atoms with Crippen molar-refractivity contribution in [3.63, 3.8) is 0 Å². The predicted octanol–water partition coefficient (Wildman–Crippen LogP) is 2.33. The molecule has 0 spiro atoms. The standard InChI is InChI=1S/C20H21ClN4O4/c1-2-11-22-19(27)20(28)25-23-12-14-7-3-6-10-17(14)29-13-18(26)24-16-9-5-4-8-15(16)21/h3-10,12H,2,11,13H2,1H3,(H,22,27)(H,24,26)(H,25,28)/b23-12-. The third-order valence-corrected chi connectivity index (χ3v) is 3.87. The van der Waals surface area contributed by atoms with Gasteiger partial charge in [0.15, 0.2) is 6.61 Å². The van der Waals surface area contributed by atoms with E-state index in [0.717, 1.165) is 6.42 Å². The molecule has 0 saturated heterocycles. The van der Waals surface area contributed by atoms with Crippen molar-refractivity contribution in [1.82, 2.24) is 10.7 Å². The van der Waals surface area contributed by atoms with Gasteiger partial charge in [-0.05, 0) is 30.7 Å². The third kappa shape index (κ3) is 7.27. The van der Waals surface area contributed by atoms with Crippen LogP contribution in [-0.2, 0) is 14.4 Å². The van der Waals surface area contributed by atoms with E-state index in [-0.39, 0.29) is 12.5 Å². The van der Waals surface area contributed by atoms with Gasteiger partial charge in [-0.3, -0.25) is 14.4 Å². The lowest BCUT2D eigenvalue weighted by atomic mass is 10.2. The summed E-state index contributed by atoms with van der Waals surface area (Å²) in [7, 11) is 0. The number of amides is 3. The highest BCUT2D eigenvalue weighted by Gasteiger charge is 2.11. The first-order valence-corrected chi connectivity index (χ1v) is 9.26. The number of hydrogen-bond acceptors (Lipinski definition) is 5. The predicted molar refractivity (Wildman–Crippen MR) is 111 cm³/mol. The molecule has 2 rings (SSSR count). The monoisotopic (exact) mass is 416 g/mol. The summed E-state index contributed by atoms with van der Waals surface area (Å²) >= 11 is 6.01. The molecule has 0 heterocycles. The van der Waals surface area contributed by atoms with Crippen molar-refractivity contribution in [1.29, 1.82) is 0 Å². The number of nitrogens with one attached hydrogen (secondary N) is 3. The number of hydrogen-bond donors (Lipinski definition) is 3. The Labute approximate surface area is 173 Å². The van der Waals surface area contributed by atoms with E-state index >= 15 is 0 Å². The average Bonchev–Trinajstić information content (AvgIpc) is 2.72. The van der Waals surface area contributed by atoms with Crippen molar-refractivity contribution < 1.29 is 19.1 Å². The molecular weight excluding hydrogens is 396 g/mol. The highest BCUT2D eigenvalue weighted by Crippen LogP contribution is 2.20. The Morgan fingerprint density at radius 1 is 1.07 bits per heavy atom. The smallest absolute Gasteiger partial charge is 0.329 e. The maximum Gasteiger partial charge on any atom is 0.329 e. The van der Waals surface area contributed by atoms with E-state index in [1.54, 1.807) is 48.5 Å². The first-order valence-electron chi connectivity index (χ1n) is 8.88. The van der Waals surface area contributed by atoms with Crippen molar-refractivity contribution in [2.75, 3.05) is 18.5 Å². The van der Waals surface area contributed by atoms with E-state index in [1.807, 2.05) is 6.92 Å². The van der Waals surface area contributed by atoms with Crippen LogP contribution in [0.3, 0.4) is 0 Å². The zero-order valence-electron chi connectivity index (χ0n) is 15.8. The van der Waals surface area contributed by atoms with Crippen LogP contribution in [0.25, 0.3) is 0 Å². The van der Waals surface area contributed by atoms with E-state index in [9.17, 15) is 14.4 Å². The molecule has 0 saturated carbocycles. The molecule has 0 aliphatic heterocycles. The normalized spacial score (nSPS) is 10.4. The largest absolute Gasteiger partial charge is 0.483 e. The van der Waals surface area contributed by atoms with Crippen molar-refractivity contribution in [3.8, 4) is 5.75 Å². The van der Waals surface area contributed by atoms with Crippen LogP contribution in [0.2, 0.25) is 5.02 Å². The number of benzene rings is 2. The fraction of sp³-hybridized carbons (Fsp3) is 0.200. The minimum Gasteiger partial charge on any atom is -0.483 e. The van der Waals surface area contributed by atoms with Crippen LogP contribution < -0.4 is 20.8 Å². The molecular formula is C20H21ClN4O4. The number of halogens is 1. The number of hydrazone groups is 1. The molecule has 0 bridgehead atoms. The van der Waals surface area contributed by atoms with E-state index in [4.69, 9.17) is 16.3 Å². The van der Waals surface area contributed by atoms with Gasteiger partial charge in [-0.1, -0.05) is 42.8 Å². The minimum atomic E-state index is -0.868. The number of para-hydroxylation sites is 2. The summed E-state index contributed by atoms with van der Waals surface area (Å²) in [5.74, 6) is -1.63. The van der Waals surface area contributed by atoms with Crippen LogP contribution in [0.5, 0.6) is 5.75 Å². The summed E-state index contributed by atoms with van der Waals surface area (Å²) in [6.45, 7) is 2.03. The van der Waals surface area contributed by atoms with Gasteiger partial charge in [0.2, 0.25) is 0 Å². The van der Waals surface area contributed by atoms with Crippen LogP contribution >= 0.6 is 11.6 Å². The van der Waals surface area contributed by atoms with Crippen molar-refractivity contribution in [2.45, 2.75) is 13.3 Å². The number of ether oxygens (including phenoxy) is 1. The highest BCUT2D eigenvalue weighted by molar-refractivity contribution is 6.35. The molecule has 0 aliphatic carbocycles. The topological polar surface area (TPSA) is 109 Å². The minimum absolute atomic E-state index is 0.248. The summed E-state index contributed by atoms with van der Waals surface area (Å²) in [5.41, 5.74) is 3.15. The summed E-state index contributed by atoms with van der Waals surface area (Å²) in [4.78, 5) is 35.2. The Kier molecular flexibility index (Phi) is 8.65. The van der Waals surface area contributed by atoms with Gasteiger partial charge in [-0.2, -0.15) is 5.10 Å². The fourth-order valence-corrected chi connectivity index (χ4v) is 2.32. The molecule has 3 amide bonds. The number of carbonyl (C=O) groups excluding carboxylic acids is 3. The third-order valence-electron chi connectivity index (χ3n) is 3.54. The molecule has 0 aromatic heterocycles. The highest BCUT2D eigenvalue weighted by atomic mass is 35.5. The molecule has 0 radical (unpaired) electrons. The zero-order chi connectivity index (χ0) is 21.1. The van der Waals surface area contributed by atoms with Crippen molar-refractivity contribution >= 4 is 41.2 Å². The molecule has 0 fully saturated rings. The Bertz CT molecular complexity index is 902. The maximum absolute atomic E-state index is 12.1. The van der Waals surface area contributed by atoms with E-state index in [2.05, 4.69) is 21.2 Å². The van der Waals surface area contributed by atoms with Crippen LogP contribution in [0, 0.1) is 0 Å². The summed E-state index contributed by atoms with van der Waals surface area (Å²) in [5, 5.41) is 9.28. The zero-order valence-corrected chi connectivity index (χ0v) is 16.5. The number of carbonyl (C=O) groups is 3. The molecule has 3 N–H and O–H groups in total. The van der Waals surface area contributed by atoms with Gasteiger partial charge in [-0.25, -0.2) is 5.43 Å². The summed E-state index contributed by atoms with van der Waals surface area (Å²) in [6.07, 6.45) is 2.04. The van der Waals surface area contributed by atoms with Crippen LogP contribution in [0.4, 0.5) is 5.69 Å². The van der Waals surface area contributed by atoms with Crippen molar-refractivity contribution in [2.24, 2.45) is 5.10 Å². The second-order valence-corrected chi connectivity index (χ2v) is 6.22. The lowest BCUT2D eigenvalue weighted by Crippen LogP contribution is -2.38. The van der Waals surface area contributed by atoms with Gasteiger partial charge in [0.1, 0.15) is 5.75 Å². The van der Waals surface area contributed by atoms with Gasteiger partial charge in [-0.15, -0.1) is 0 Å². The first-order chi connectivity index (χ1) is 14.0. The van der Waals surface area contributed by atoms with E-state index in [1.165, 1.54) is 6.21 Å². The molecule has 9 heteroatoms. The fourth-order valence-electron chi connectivity index (χ4n) is 2.14. The molecule has 0 unspecified atom stereocenters. The second-order valence-electron chi connectivity index (χ2n) is 5.81. The number of anilines is 1. The molecule has 8 nitrogen and oxygen atoms in total. The Hall–Kier alpha value is -3.39. The molecule has 2 aromatic rings. The first kappa shape index (κ1) is 21.9. The Morgan fingerprint density at radius 3 is 2.55 bits per heavy atom. The van der Waals surface area contributed by atoms with Gasteiger partial charge in [0, 0.05) is 12.1 Å².